The number of piperazine rings is 1. The molecular formula is C10H13ClN2O2S. The molecule has 1 fully saturated rings. The zero-order valence-electron chi connectivity index (χ0n) is 8.69. The van der Waals surface area contributed by atoms with Gasteiger partial charge in [-0.2, -0.15) is 0 Å². The van der Waals surface area contributed by atoms with E-state index in [0.717, 1.165) is 31.9 Å². The quantitative estimate of drug-likeness (QED) is 0.807. The zero-order valence-corrected chi connectivity index (χ0v) is 10.3. The highest BCUT2D eigenvalue weighted by molar-refractivity contribution is 8.13. The lowest BCUT2D eigenvalue weighted by atomic mass is 10.2. The van der Waals surface area contributed by atoms with Crippen LogP contribution in [0.1, 0.15) is 0 Å². The summed E-state index contributed by atoms with van der Waals surface area (Å²) in [6.45, 7) is 3.59. The first-order valence-electron chi connectivity index (χ1n) is 5.08. The molecule has 88 valence electrons. The van der Waals surface area contributed by atoms with Gasteiger partial charge in [-0.05, 0) is 18.2 Å². The van der Waals surface area contributed by atoms with E-state index in [4.69, 9.17) is 10.7 Å². The first kappa shape index (κ1) is 11.7. The van der Waals surface area contributed by atoms with Gasteiger partial charge < -0.3 is 10.2 Å². The summed E-state index contributed by atoms with van der Waals surface area (Å²) in [6.07, 6.45) is 0. The Labute approximate surface area is 99.6 Å². The second-order valence-corrected chi connectivity index (χ2v) is 6.24. The Kier molecular flexibility index (Phi) is 3.37. The van der Waals surface area contributed by atoms with E-state index < -0.39 is 9.05 Å². The summed E-state index contributed by atoms with van der Waals surface area (Å²) in [7, 11) is 1.68. The van der Waals surface area contributed by atoms with Gasteiger partial charge in [-0.15, -0.1) is 0 Å². The van der Waals surface area contributed by atoms with Crippen LogP contribution in [0.3, 0.4) is 0 Å². The van der Waals surface area contributed by atoms with Gasteiger partial charge in [0.2, 0.25) is 0 Å². The predicted molar refractivity (Wildman–Crippen MR) is 64.6 cm³/mol. The van der Waals surface area contributed by atoms with Gasteiger partial charge in [0.15, 0.2) is 0 Å². The molecule has 6 heteroatoms. The fraction of sp³-hybridized carbons (Fsp3) is 0.400. The van der Waals surface area contributed by atoms with Crippen molar-refractivity contribution in [3.05, 3.63) is 24.3 Å². The van der Waals surface area contributed by atoms with Crippen LogP contribution >= 0.6 is 10.7 Å². The summed E-state index contributed by atoms with van der Waals surface area (Å²) in [6, 6.07) is 6.74. The number of halogens is 1. The Balaban J connectivity index is 2.28. The molecule has 0 unspecified atom stereocenters. The molecule has 1 N–H and O–H groups in total. The van der Waals surface area contributed by atoms with Gasteiger partial charge in [-0.25, -0.2) is 8.42 Å². The van der Waals surface area contributed by atoms with Crippen LogP contribution in [0.4, 0.5) is 5.69 Å². The topological polar surface area (TPSA) is 49.4 Å². The number of hydrogen-bond donors (Lipinski definition) is 1. The summed E-state index contributed by atoms with van der Waals surface area (Å²) in [5, 5.41) is 3.24. The Morgan fingerprint density at radius 3 is 2.56 bits per heavy atom. The van der Waals surface area contributed by atoms with Crippen molar-refractivity contribution >= 4 is 25.4 Å². The number of hydrogen-bond acceptors (Lipinski definition) is 4. The van der Waals surface area contributed by atoms with E-state index in [-0.39, 0.29) is 4.90 Å². The largest absolute Gasteiger partial charge is 0.369 e. The standard InChI is InChI=1S/C10H13ClN2O2S/c11-16(14,15)10-3-1-2-9(8-10)13-6-4-12-5-7-13/h1-3,8,12H,4-7H2. The van der Waals surface area contributed by atoms with Crippen LogP contribution in [0.15, 0.2) is 29.2 Å². The van der Waals surface area contributed by atoms with Gasteiger partial charge in [0.1, 0.15) is 0 Å². The van der Waals surface area contributed by atoms with E-state index in [1.165, 1.54) is 6.07 Å². The third-order valence-corrected chi connectivity index (χ3v) is 3.93. The van der Waals surface area contributed by atoms with Gasteiger partial charge in [-0.3, -0.25) is 0 Å². The maximum atomic E-state index is 11.2. The number of benzene rings is 1. The molecule has 0 amide bonds. The minimum absolute atomic E-state index is 0.158. The first-order chi connectivity index (χ1) is 7.57. The SMILES string of the molecule is O=S(=O)(Cl)c1cccc(N2CCNCC2)c1. The molecule has 1 heterocycles. The lowest BCUT2D eigenvalue weighted by Gasteiger charge is -2.29. The predicted octanol–water partition coefficient (Wildman–Crippen LogP) is 1.02. The first-order valence-corrected chi connectivity index (χ1v) is 7.39. The molecule has 16 heavy (non-hydrogen) atoms. The smallest absolute Gasteiger partial charge is 0.261 e. The molecule has 0 spiro atoms. The van der Waals surface area contributed by atoms with E-state index in [0.29, 0.717) is 0 Å². The van der Waals surface area contributed by atoms with Crippen molar-refractivity contribution in [2.24, 2.45) is 0 Å². The summed E-state index contributed by atoms with van der Waals surface area (Å²) >= 11 is 0. The van der Waals surface area contributed by atoms with Crippen LogP contribution in [-0.2, 0) is 9.05 Å². The molecule has 0 atom stereocenters. The van der Waals surface area contributed by atoms with Crippen LogP contribution in [0, 0.1) is 0 Å². The highest BCUT2D eigenvalue weighted by atomic mass is 35.7. The average molecular weight is 261 g/mol. The van der Waals surface area contributed by atoms with Gasteiger partial charge in [0.05, 0.1) is 4.90 Å². The normalized spacial score (nSPS) is 17.4. The van der Waals surface area contributed by atoms with Crippen molar-refractivity contribution in [3.63, 3.8) is 0 Å². The third kappa shape index (κ3) is 2.66. The molecule has 2 rings (SSSR count). The van der Waals surface area contributed by atoms with Crippen molar-refractivity contribution in [3.8, 4) is 0 Å². The van der Waals surface area contributed by atoms with Gasteiger partial charge in [-0.1, -0.05) is 6.07 Å². The fourth-order valence-electron chi connectivity index (χ4n) is 1.75. The van der Waals surface area contributed by atoms with Crippen molar-refractivity contribution in [2.45, 2.75) is 4.90 Å². The average Bonchev–Trinajstić information content (AvgIpc) is 2.29. The maximum absolute atomic E-state index is 11.2. The molecule has 1 aromatic carbocycles. The number of nitrogens with zero attached hydrogens (tertiary/aromatic N) is 1. The molecule has 0 aliphatic carbocycles. The maximum Gasteiger partial charge on any atom is 0.261 e. The highest BCUT2D eigenvalue weighted by Crippen LogP contribution is 2.22. The molecule has 0 radical (unpaired) electrons. The van der Waals surface area contributed by atoms with E-state index in [1.54, 1.807) is 12.1 Å². The van der Waals surface area contributed by atoms with Crippen molar-refractivity contribution in [2.75, 3.05) is 31.1 Å². The Hall–Kier alpha value is -0.780. The molecule has 0 aromatic heterocycles. The second-order valence-electron chi connectivity index (χ2n) is 3.67. The van der Waals surface area contributed by atoms with Gasteiger partial charge in [0.25, 0.3) is 9.05 Å². The van der Waals surface area contributed by atoms with Gasteiger partial charge >= 0.3 is 0 Å². The molecule has 4 nitrogen and oxygen atoms in total. The minimum atomic E-state index is -3.63. The molecule has 1 aromatic rings. The summed E-state index contributed by atoms with van der Waals surface area (Å²) < 4.78 is 22.4. The molecule has 0 bridgehead atoms. The zero-order chi connectivity index (χ0) is 11.6. The van der Waals surface area contributed by atoms with Crippen LogP contribution in [0.5, 0.6) is 0 Å². The Bertz CT molecular complexity index is 469. The van der Waals surface area contributed by atoms with Crippen molar-refractivity contribution < 1.29 is 8.42 Å². The molecule has 1 saturated heterocycles. The Morgan fingerprint density at radius 1 is 1.25 bits per heavy atom. The minimum Gasteiger partial charge on any atom is -0.369 e. The third-order valence-electron chi connectivity index (χ3n) is 2.58. The lowest BCUT2D eigenvalue weighted by molar-refractivity contribution is 0.588. The van der Waals surface area contributed by atoms with Crippen LogP contribution in [0.25, 0.3) is 0 Å². The van der Waals surface area contributed by atoms with Crippen LogP contribution < -0.4 is 10.2 Å². The monoisotopic (exact) mass is 260 g/mol. The summed E-state index contributed by atoms with van der Waals surface area (Å²) in [5.74, 6) is 0. The van der Waals surface area contributed by atoms with Crippen molar-refractivity contribution in [1.82, 2.24) is 5.32 Å². The number of rotatable bonds is 2. The lowest BCUT2D eigenvalue weighted by Crippen LogP contribution is -2.43. The number of nitrogens with one attached hydrogen (secondary N) is 1. The van der Waals surface area contributed by atoms with E-state index >= 15 is 0 Å². The van der Waals surface area contributed by atoms with E-state index in [1.807, 2.05) is 6.07 Å². The molecule has 1 aliphatic heterocycles. The summed E-state index contributed by atoms with van der Waals surface area (Å²) in [5.41, 5.74) is 0.906. The number of anilines is 1. The molecule has 0 saturated carbocycles. The summed E-state index contributed by atoms with van der Waals surface area (Å²) in [4.78, 5) is 2.30. The fourth-order valence-corrected chi connectivity index (χ4v) is 2.55. The van der Waals surface area contributed by atoms with E-state index in [9.17, 15) is 8.42 Å². The highest BCUT2D eigenvalue weighted by Gasteiger charge is 2.14. The van der Waals surface area contributed by atoms with E-state index in [2.05, 4.69) is 10.2 Å². The van der Waals surface area contributed by atoms with Crippen LogP contribution in [0.2, 0.25) is 0 Å². The molecule has 1 aliphatic rings. The van der Waals surface area contributed by atoms with Gasteiger partial charge in [0, 0.05) is 42.5 Å². The van der Waals surface area contributed by atoms with Crippen molar-refractivity contribution in [1.29, 1.82) is 0 Å². The Morgan fingerprint density at radius 2 is 1.94 bits per heavy atom. The molecular weight excluding hydrogens is 248 g/mol. The second kappa shape index (κ2) is 4.61. The van der Waals surface area contributed by atoms with Crippen LogP contribution in [-0.4, -0.2) is 34.6 Å².